The second kappa shape index (κ2) is 22.6. The van der Waals surface area contributed by atoms with Gasteiger partial charge in [-0.3, -0.25) is 19.9 Å². The van der Waals surface area contributed by atoms with Gasteiger partial charge in [0.25, 0.3) is 0 Å². The summed E-state index contributed by atoms with van der Waals surface area (Å²) in [6.45, 7) is 7.14. The van der Waals surface area contributed by atoms with Crippen molar-refractivity contribution in [2.24, 2.45) is 0 Å². The molecule has 16 nitrogen and oxygen atoms in total. The van der Waals surface area contributed by atoms with Gasteiger partial charge in [0.05, 0.1) is 49.3 Å². The van der Waals surface area contributed by atoms with Crippen LogP contribution in [0.15, 0.2) is 65.3 Å². The standard InChI is InChI=1S/C47H55FN4O12S4/c1-9-10-11-26(48)12-15-35(38-29(17-19-68(8,65)66)33(54)21-34(55)40(38)52-46(58)60-6)63-45-42(64-37-22-36(59-5)32(23-61-37)50-24(2)3)44(57)47(67-7,25(4)62-45)43(56)41-39-28(16-18-49-41)30-20-27(53)13-14-31(30)51-39/h11,13-14,16-18,20,24-25,32-33,35-37,42,44-45,50-51,53-54,57H,19,21-23H2,1-8H3,(H,52,58)/b26-11+,29-17-/t25?,32?,33-,35-,36?,37?,42?,44?,45?,47?/m0/s1. The number of nitrogens with zero attached hydrogens (tertiary/aromatic N) is 1. The number of thioether (sulfide) groups is 1. The number of fused-ring (bicyclic) bond motifs is 3. The first-order chi connectivity index (χ1) is 32.3. The summed E-state index contributed by atoms with van der Waals surface area (Å²) < 4.78 is 50.4. The number of nitrogens with one attached hydrogen (secondary N) is 3. The number of aromatic amines is 1. The average Bonchev–Trinajstić information content (AvgIpc) is 3.66. The summed E-state index contributed by atoms with van der Waals surface area (Å²) in [4.78, 5) is 49.7. The lowest BCUT2D eigenvalue weighted by molar-refractivity contribution is -0.323. The fraction of sp³-hybridized carbons (Fsp3) is 0.489. The molecule has 0 spiro atoms. The molecule has 1 aromatic carbocycles. The zero-order valence-electron chi connectivity index (χ0n) is 38.6. The first-order valence-electron chi connectivity index (χ1n) is 21.5. The van der Waals surface area contributed by atoms with Crippen molar-refractivity contribution in [1.82, 2.24) is 20.6 Å². The second-order valence-corrected chi connectivity index (χ2v) is 24.9. The van der Waals surface area contributed by atoms with E-state index in [9.17, 15) is 24.9 Å². The minimum Gasteiger partial charge on any atom is -0.508 e. The number of alkyl carbamates (subject to hydrolysis) is 1. The van der Waals surface area contributed by atoms with Crippen LogP contribution in [0.2, 0.25) is 0 Å². The molecule has 0 radical (unpaired) electrons. The molecule has 0 bridgehead atoms. The van der Waals surface area contributed by atoms with Gasteiger partial charge in [-0.1, -0.05) is 38.9 Å². The molecule has 3 aromatic rings. The van der Waals surface area contributed by atoms with E-state index in [2.05, 4.69) is 44.3 Å². The van der Waals surface area contributed by atoms with Gasteiger partial charge in [-0.2, -0.15) is 4.39 Å². The SMILES string of the molecule is CC#C/C=C(/F)C#C[C@H](OC1OC(C)C(SC)(C(=O)c2nccc3c2[nH]c2ccc(O)cc23)C(O)C1OC1CC(OC)C(NC(C)C)CO1)C1=C(NC(=O)OC)C(=O)C[C@H](O)/C1=C/CS(C)(=S)=S. The zero-order valence-corrected chi connectivity index (χ0v) is 41.9. The highest BCUT2D eigenvalue weighted by Crippen LogP contribution is 2.46. The Morgan fingerprint density at radius 3 is 2.62 bits per heavy atom. The Morgan fingerprint density at radius 2 is 1.96 bits per heavy atom. The van der Waals surface area contributed by atoms with Gasteiger partial charge in [-0.05, 0) is 84.5 Å². The first kappa shape index (κ1) is 53.0. The van der Waals surface area contributed by atoms with Crippen molar-refractivity contribution in [3.8, 4) is 29.4 Å². The quantitative estimate of drug-likeness (QED) is 0.0986. The molecule has 8 unspecified atom stereocenters. The summed E-state index contributed by atoms with van der Waals surface area (Å²) in [5, 5.41) is 41.8. The Bertz CT molecular complexity index is 2760. The molecule has 2 fully saturated rings. The molecule has 4 heterocycles. The van der Waals surface area contributed by atoms with Crippen molar-refractivity contribution in [2.45, 2.75) is 107 Å². The summed E-state index contributed by atoms with van der Waals surface area (Å²) >= 11 is 12.1. The van der Waals surface area contributed by atoms with Crippen LogP contribution in [0.4, 0.5) is 9.18 Å². The van der Waals surface area contributed by atoms with Crippen LogP contribution in [0.3, 0.4) is 0 Å². The van der Waals surface area contributed by atoms with Gasteiger partial charge in [0.2, 0.25) is 5.78 Å². The third kappa shape index (κ3) is 11.6. The van der Waals surface area contributed by atoms with Crippen molar-refractivity contribution < 1.29 is 62.5 Å². The van der Waals surface area contributed by atoms with Crippen molar-refractivity contribution in [3.63, 3.8) is 0 Å². The number of carbonyl (C=O) groups excluding carboxylic acids is 3. The van der Waals surface area contributed by atoms with Gasteiger partial charge in [-0.15, -0.1) is 17.7 Å². The number of halogens is 1. The fourth-order valence-corrected chi connectivity index (χ4v) is 10.5. The van der Waals surface area contributed by atoms with Crippen molar-refractivity contribution in [1.29, 1.82) is 0 Å². The number of hydrogen-bond acceptors (Lipinski definition) is 17. The largest absolute Gasteiger partial charge is 0.508 e. The number of phenols is 1. The maximum atomic E-state index is 15.4. The predicted octanol–water partition coefficient (Wildman–Crippen LogP) is 4.17. The molecule has 21 heteroatoms. The van der Waals surface area contributed by atoms with Crippen LogP contribution in [0, 0.1) is 23.7 Å². The third-order valence-corrected chi connectivity index (χ3v) is 14.7. The topological polar surface area (TPSA) is 220 Å². The van der Waals surface area contributed by atoms with E-state index < -0.39 is 91.0 Å². The number of allylic oxidation sites excluding steroid dienone is 3. The second-order valence-electron chi connectivity index (χ2n) is 16.6. The number of pyridine rings is 1. The van der Waals surface area contributed by atoms with Crippen LogP contribution in [-0.2, 0) is 62.7 Å². The normalized spacial score (nSPS) is 28.0. The van der Waals surface area contributed by atoms with Crippen LogP contribution < -0.4 is 10.6 Å². The van der Waals surface area contributed by atoms with E-state index in [1.807, 2.05) is 13.8 Å². The number of Topliss-reactive ketones (excluding diaryl/α,β-unsaturated/α-hetero) is 2. The Kier molecular flexibility index (Phi) is 17.6. The molecular weight excluding hydrogens is 960 g/mol. The highest BCUT2D eigenvalue weighted by atomic mass is 33.1. The molecule has 1 aliphatic carbocycles. The summed E-state index contributed by atoms with van der Waals surface area (Å²) in [7, 11) is 0.528. The van der Waals surface area contributed by atoms with Crippen molar-refractivity contribution >= 4 is 80.8 Å². The maximum absolute atomic E-state index is 15.4. The number of aromatic nitrogens is 2. The van der Waals surface area contributed by atoms with E-state index >= 15 is 9.18 Å². The van der Waals surface area contributed by atoms with Gasteiger partial charge in [0.1, 0.15) is 34.5 Å². The van der Waals surface area contributed by atoms with E-state index in [1.54, 1.807) is 44.7 Å². The lowest BCUT2D eigenvalue weighted by Gasteiger charge is -2.51. The van der Waals surface area contributed by atoms with Crippen LogP contribution in [0.1, 0.15) is 51.0 Å². The number of benzene rings is 1. The molecule has 68 heavy (non-hydrogen) atoms. The molecule has 1 amide bonds. The van der Waals surface area contributed by atoms with Crippen LogP contribution in [0.25, 0.3) is 21.8 Å². The van der Waals surface area contributed by atoms with Crippen molar-refractivity contribution in [3.05, 3.63) is 71.0 Å². The Morgan fingerprint density at radius 1 is 1.21 bits per heavy atom. The minimum atomic E-state index is -2.11. The molecule has 3 aliphatic rings. The Hall–Kier alpha value is -4.33. The molecule has 366 valence electrons. The Balaban J connectivity index is 1.53. The van der Waals surface area contributed by atoms with Crippen LogP contribution >= 0.6 is 11.8 Å². The Labute approximate surface area is 407 Å². The van der Waals surface area contributed by atoms with Crippen LogP contribution in [-0.4, -0.2) is 148 Å². The van der Waals surface area contributed by atoms with Gasteiger partial charge < -0.3 is 54.0 Å². The highest BCUT2D eigenvalue weighted by molar-refractivity contribution is 8.56. The van der Waals surface area contributed by atoms with E-state index in [0.29, 0.717) is 21.8 Å². The van der Waals surface area contributed by atoms with Gasteiger partial charge in [0.15, 0.2) is 24.2 Å². The number of ketones is 2. The smallest absolute Gasteiger partial charge is 0.411 e. The summed E-state index contributed by atoms with van der Waals surface area (Å²) in [5.41, 5.74) is 0.382. The molecule has 2 aromatic heterocycles. The number of methoxy groups -OCH3 is 2. The van der Waals surface area contributed by atoms with E-state index in [-0.39, 0.29) is 59.2 Å². The molecule has 2 saturated heterocycles. The van der Waals surface area contributed by atoms with E-state index in [1.165, 1.54) is 25.3 Å². The molecule has 10 atom stereocenters. The lowest BCUT2D eigenvalue weighted by atomic mass is 9.82. The fourth-order valence-electron chi connectivity index (χ4n) is 8.52. The number of hydrogen-bond donors (Lipinski definition) is 6. The number of rotatable bonds is 14. The summed E-state index contributed by atoms with van der Waals surface area (Å²) in [6, 6.07) is 6.28. The predicted molar refractivity (Wildman–Crippen MR) is 263 cm³/mol. The molecule has 6 rings (SSSR count). The first-order valence-corrected chi connectivity index (χ1v) is 26.8. The molecular formula is C47H55FN4O12S4. The number of aromatic hydroxyl groups is 1. The van der Waals surface area contributed by atoms with Crippen molar-refractivity contribution in [2.75, 3.05) is 39.1 Å². The maximum Gasteiger partial charge on any atom is 0.411 e. The number of H-pyrrole nitrogens is 1. The van der Waals surface area contributed by atoms with Gasteiger partial charge in [-0.25, -0.2) is 4.79 Å². The van der Waals surface area contributed by atoms with E-state index in [0.717, 1.165) is 24.9 Å². The number of amides is 1. The highest BCUT2D eigenvalue weighted by Gasteiger charge is 2.61. The molecule has 6 N–H and O–H groups in total. The average molecular weight is 1020 g/mol. The van der Waals surface area contributed by atoms with Gasteiger partial charge in [0, 0.05) is 65.9 Å². The summed E-state index contributed by atoms with van der Waals surface area (Å²) in [6.07, 6.45) is -5.34. The van der Waals surface area contributed by atoms with E-state index in [4.69, 9.17) is 50.8 Å². The number of phenolic OH excluding ortho intramolecular Hbond substituents is 1. The van der Waals surface area contributed by atoms with Crippen LogP contribution in [0.5, 0.6) is 5.75 Å². The number of aliphatic hydroxyl groups is 2. The summed E-state index contributed by atoms with van der Waals surface area (Å²) in [5.74, 6) is 7.77. The monoisotopic (exact) mass is 1010 g/mol. The number of carbonyl (C=O) groups is 3. The number of ether oxygens (including phenoxy) is 6. The third-order valence-electron chi connectivity index (χ3n) is 11.7. The van der Waals surface area contributed by atoms with Gasteiger partial charge >= 0.3 is 6.09 Å². The molecule has 2 aliphatic heterocycles. The zero-order chi connectivity index (χ0) is 49.7. The minimum absolute atomic E-state index is 0.0155. The number of aliphatic hydroxyl groups excluding tert-OH is 2. The lowest BCUT2D eigenvalue weighted by Crippen LogP contribution is -2.68. The molecule has 0 saturated carbocycles.